The van der Waals surface area contributed by atoms with Crippen LogP contribution in [0.1, 0.15) is 19.8 Å². The highest BCUT2D eigenvalue weighted by Crippen LogP contribution is 2.52. The van der Waals surface area contributed by atoms with Crippen LogP contribution < -0.4 is 4.72 Å². The number of fused-ring (bicyclic) bond motifs is 1. The standard InChI is InChI=1S/C11H15NO4S/c1-5(2)11(13)16-10-6-3-7-8(4-6)17(14,15)12-9(7)10/h6-10,12H,1,3-4H2,2H3. The number of esters is 1. The van der Waals surface area contributed by atoms with Crippen LogP contribution in [0, 0.1) is 11.8 Å². The molecule has 2 aliphatic carbocycles. The third-order valence-corrected chi connectivity index (χ3v) is 6.10. The molecule has 3 aliphatic rings. The maximum atomic E-state index is 11.8. The van der Waals surface area contributed by atoms with E-state index in [4.69, 9.17) is 4.74 Å². The van der Waals surface area contributed by atoms with Crippen LogP contribution in [0.5, 0.6) is 0 Å². The van der Waals surface area contributed by atoms with Crippen LogP contribution in [-0.4, -0.2) is 31.8 Å². The van der Waals surface area contributed by atoms with Gasteiger partial charge in [-0.15, -0.1) is 0 Å². The minimum absolute atomic E-state index is 0.118. The predicted octanol–water partition coefficient (Wildman–Crippen LogP) is 0.184. The molecule has 6 heteroatoms. The van der Waals surface area contributed by atoms with Gasteiger partial charge in [0.1, 0.15) is 6.10 Å². The van der Waals surface area contributed by atoms with Crippen molar-refractivity contribution in [3.8, 4) is 0 Å². The Morgan fingerprint density at radius 1 is 1.41 bits per heavy atom. The highest BCUT2D eigenvalue weighted by atomic mass is 32.2. The molecule has 3 rings (SSSR count). The quantitative estimate of drug-likeness (QED) is 0.566. The lowest BCUT2D eigenvalue weighted by atomic mass is 9.93. The van der Waals surface area contributed by atoms with Crippen molar-refractivity contribution in [3.63, 3.8) is 0 Å². The summed E-state index contributed by atoms with van der Waals surface area (Å²) >= 11 is 0. The summed E-state index contributed by atoms with van der Waals surface area (Å²) in [4.78, 5) is 11.5. The van der Waals surface area contributed by atoms with Gasteiger partial charge in [0, 0.05) is 5.57 Å². The molecule has 5 nitrogen and oxygen atoms in total. The minimum Gasteiger partial charge on any atom is -0.457 e. The minimum atomic E-state index is -3.18. The molecule has 3 fully saturated rings. The van der Waals surface area contributed by atoms with Crippen LogP contribution >= 0.6 is 0 Å². The molecule has 1 N–H and O–H groups in total. The van der Waals surface area contributed by atoms with E-state index < -0.39 is 16.0 Å². The number of sulfonamides is 1. The van der Waals surface area contributed by atoms with Crippen molar-refractivity contribution in [2.75, 3.05) is 0 Å². The molecule has 0 aromatic heterocycles. The Kier molecular flexibility index (Phi) is 2.19. The summed E-state index contributed by atoms with van der Waals surface area (Å²) in [6, 6.07) is -0.216. The molecule has 1 heterocycles. The molecule has 5 unspecified atom stereocenters. The Morgan fingerprint density at radius 3 is 2.76 bits per heavy atom. The molecule has 2 saturated carbocycles. The number of rotatable bonds is 2. The number of hydrogen-bond donors (Lipinski definition) is 1. The monoisotopic (exact) mass is 257 g/mol. The average Bonchev–Trinajstić information content (AvgIpc) is 2.81. The molecule has 1 aliphatic heterocycles. The predicted molar refractivity (Wildman–Crippen MR) is 60.5 cm³/mol. The first kappa shape index (κ1) is 11.2. The van der Waals surface area contributed by atoms with E-state index in [0.717, 1.165) is 6.42 Å². The van der Waals surface area contributed by atoms with Gasteiger partial charge in [-0.25, -0.2) is 17.9 Å². The van der Waals surface area contributed by atoms with Gasteiger partial charge in [0.05, 0.1) is 11.3 Å². The zero-order valence-corrected chi connectivity index (χ0v) is 10.4. The summed E-state index contributed by atoms with van der Waals surface area (Å²) in [5.41, 5.74) is 0.352. The van der Waals surface area contributed by atoms with Gasteiger partial charge in [-0.05, 0) is 31.6 Å². The largest absolute Gasteiger partial charge is 0.457 e. The van der Waals surface area contributed by atoms with Crippen molar-refractivity contribution in [3.05, 3.63) is 12.2 Å². The maximum absolute atomic E-state index is 11.8. The summed E-state index contributed by atoms with van der Waals surface area (Å²) < 4.78 is 31.6. The zero-order chi connectivity index (χ0) is 12.4. The molecule has 1 saturated heterocycles. The summed E-state index contributed by atoms with van der Waals surface area (Å²) in [5, 5.41) is -0.266. The topological polar surface area (TPSA) is 72.5 Å². The number of hydrogen-bond acceptors (Lipinski definition) is 4. The molecular formula is C11H15NO4S. The highest BCUT2D eigenvalue weighted by molar-refractivity contribution is 7.90. The van der Waals surface area contributed by atoms with E-state index >= 15 is 0 Å². The van der Waals surface area contributed by atoms with Gasteiger partial charge in [0.25, 0.3) is 0 Å². The average molecular weight is 257 g/mol. The van der Waals surface area contributed by atoms with Gasteiger partial charge >= 0.3 is 5.97 Å². The summed E-state index contributed by atoms with van der Waals surface area (Å²) in [5.74, 6) is -0.124. The van der Waals surface area contributed by atoms with E-state index in [1.54, 1.807) is 6.92 Å². The smallest absolute Gasteiger partial charge is 0.333 e. The second-order valence-electron chi connectivity index (χ2n) is 5.27. The van der Waals surface area contributed by atoms with Crippen molar-refractivity contribution >= 4 is 16.0 Å². The number of ether oxygens (including phenoxy) is 1. The van der Waals surface area contributed by atoms with E-state index in [1.165, 1.54) is 0 Å². The van der Waals surface area contributed by atoms with Gasteiger partial charge in [0.15, 0.2) is 0 Å². The van der Waals surface area contributed by atoms with Gasteiger partial charge in [-0.3, -0.25) is 0 Å². The lowest BCUT2D eigenvalue weighted by molar-refractivity contribution is -0.147. The van der Waals surface area contributed by atoms with Gasteiger partial charge in [-0.2, -0.15) is 0 Å². The Hall–Kier alpha value is -0.880. The van der Waals surface area contributed by atoms with Crippen LogP contribution in [0.15, 0.2) is 12.2 Å². The van der Waals surface area contributed by atoms with Gasteiger partial charge in [0.2, 0.25) is 10.0 Å². The summed E-state index contributed by atoms with van der Waals surface area (Å²) in [6.45, 7) is 5.13. The first-order chi connectivity index (χ1) is 7.90. The number of carbonyl (C=O) groups excluding carboxylic acids is 1. The lowest BCUT2D eigenvalue weighted by Gasteiger charge is -2.25. The SMILES string of the molecule is C=C(C)C(=O)OC1C2CC3C1NS(=O)(=O)C3C2. The van der Waals surface area contributed by atoms with Crippen molar-refractivity contribution in [2.24, 2.45) is 11.8 Å². The molecule has 17 heavy (non-hydrogen) atoms. The first-order valence-electron chi connectivity index (χ1n) is 5.78. The third kappa shape index (κ3) is 1.47. The Morgan fingerprint density at radius 2 is 2.12 bits per heavy atom. The second-order valence-corrected chi connectivity index (χ2v) is 7.20. The molecule has 0 radical (unpaired) electrons. The van der Waals surface area contributed by atoms with Crippen LogP contribution in [0.2, 0.25) is 0 Å². The fourth-order valence-corrected chi connectivity index (χ4v) is 5.54. The van der Waals surface area contributed by atoms with Crippen molar-refractivity contribution in [1.29, 1.82) is 0 Å². The van der Waals surface area contributed by atoms with E-state index in [0.29, 0.717) is 12.0 Å². The molecule has 5 atom stereocenters. The Balaban J connectivity index is 1.83. The van der Waals surface area contributed by atoms with E-state index in [9.17, 15) is 13.2 Å². The van der Waals surface area contributed by atoms with Crippen LogP contribution in [-0.2, 0) is 19.6 Å². The molecule has 0 spiro atoms. The van der Waals surface area contributed by atoms with Crippen LogP contribution in [0.25, 0.3) is 0 Å². The van der Waals surface area contributed by atoms with Gasteiger partial charge < -0.3 is 4.74 Å². The molecular weight excluding hydrogens is 242 g/mol. The third-order valence-electron chi connectivity index (χ3n) is 4.16. The zero-order valence-electron chi connectivity index (χ0n) is 9.55. The van der Waals surface area contributed by atoms with Crippen molar-refractivity contribution in [1.82, 2.24) is 4.72 Å². The number of nitrogens with one attached hydrogen (secondary N) is 1. The highest BCUT2D eigenvalue weighted by Gasteiger charge is 2.63. The van der Waals surface area contributed by atoms with Crippen LogP contribution in [0.3, 0.4) is 0 Å². The molecule has 0 amide bonds. The fraction of sp³-hybridized carbons (Fsp3) is 0.727. The van der Waals surface area contributed by atoms with E-state index in [2.05, 4.69) is 11.3 Å². The van der Waals surface area contributed by atoms with Crippen LogP contribution in [0.4, 0.5) is 0 Å². The van der Waals surface area contributed by atoms with E-state index in [-0.39, 0.29) is 29.2 Å². The molecule has 2 bridgehead atoms. The second kappa shape index (κ2) is 3.32. The van der Waals surface area contributed by atoms with Gasteiger partial charge in [-0.1, -0.05) is 6.58 Å². The Labute approximate surface area is 100 Å². The summed E-state index contributed by atoms with van der Waals surface area (Å²) in [7, 11) is -3.18. The molecule has 0 aromatic carbocycles. The van der Waals surface area contributed by atoms with Crippen molar-refractivity contribution < 1.29 is 17.9 Å². The lowest BCUT2D eigenvalue weighted by Crippen LogP contribution is -2.41. The van der Waals surface area contributed by atoms with Crippen molar-refractivity contribution in [2.45, 2.75) is 37.2 Å². The van der Waals surface area contributed by atoms with E-state index in [1.807, 2.05) is 0 Å². The maximum Gasteiger partial charge on any atom is 0.333 e. The normalized spacial score (nSPS) is 44.9. The Bertz CT molecular complexity index is 498. The molecule has 94 valence electrons. The summed E-state index contributed by atoms with van der Waals surface area (Å²) in [6.07, 6.45) is 1.15. The first-order valence-corrected chi connectivity index (χ1v) is 7.32. The molecule has 0 aromatic rings. The number of carbonyl (C=O) groups is 1. The fourth-order valence-electron chi connectivity index (χ4n) is 3.44.